The molecule has 0 spiro atoms. The quantitative estimate of drug-likeness (QED) is 0.480. The number of anilines is 3. The van der Waals surface area contributed by atoms with Crippen molar-refractivity contribution in [3.63, 3.8) is 0 Å². The monoisotopic (exact) mass is 460 g/mol. The Morgan fingerprint density at radius 2 is 1.76 bits per heavy atom. The van der Waals surface area contributed by atoms with Gasteiger partial charge < -0.3 is 19.9 Å². The number of fused-ring (bicyclic) bond motifs is 1. The number of carbonyl (C=O) groups excluding carboxylic acids is 1. The van der Waals surface area contributed by atoms with Crippen LogP contribution < -0.4 is 15.0 Å². The molecule has 0 aliphatic carbocycles. The number of carbonyl (C=O) groups is 1. The highest BCUT2D eigenvalue weighted by atomic mass is 32.1. The maximum Gasteiger partial charge on any atom is 0.282 e. The van der Waals surface area contributed by atoms with Crippen LogP contribution in [-0.4, -0.2) is 59.0 Å². The van der Waals surface area contributed by atoms with Crippen LogP contribution in [0.1, 0.15) is 15.5 Å². The number of ether oxygens (including phenoxy) is 1. The minimum absolute atomic E-state index is 0.0112. The summed E-state index contributed by atoms with van der Waals surface area (Å²) < 4.78 is 6.25. The molecule has 0 unspecified atom stereocenters. The number of hydrogen-bond acceptors (Lipinski definition) is 8. The fourth-order valence-electron chi connectivity index (χ4n) is 3.79. The van der Waals surface area contributed by atoms with Crippen molar-refractivity contribution in [2.45, 2.75) is 6.92 Å². The summed E-state index contributed by atoms with van der Waals surface area (Å²) in [5.74, 6) is 2.19. The second-order valence-corrected chi connectivity index (χ2v) is 8.84. The summed E-state index contributed by atoms with van der Waals surface area (Å²) in [7, 11) is 1.65. The zero-order valence-electron chi connectivity index (χ0n) is 18.5. The molecule has 2 aromatic carbocycles. The maximum absolute atomic E-state index is 13.0. The molecule has 1 amide bonds. The summed E-state index contributed by atoms with van der Waals surface area (Å²) in [4.78, 5) is 30.8. The van der Waals surface area contributed by atoms with Crippen molar-refractivity contribution in [1.29, 1.82) is 0 Å². The highest BCUT2D eigenvalue weighted by Crippen LogP contribution is 2.24. The minimum Gasteiger partial charge on any atom is -0.497 e. The van der Waals surface area contributed by atoms with Gasteiger partial charge >= 0.3 is 0 Å². The molecule has 0 radical (unpaired) electrons. The molecule has 4 aromatic rings. The highest BCUT2D eigenvalue weighted by Gasteiger charge is 2.26. The van der Waals surface area contributed by atoms with E-state index in [-0.39, 0.29) is 5.91 Å². The summed E-state index contributed by atoms with van der Waals surface area (Å²) in [6, 6.07) is 17.5. The van der Waals surface area contributed by atoms with Gasteiger partial charge in [-0.25, -0.2) is 9.97 Å². The number of methoxy groups -OCH3 is 1. The predicted octanol–water partition coefficient (Wildman–Crippen LogP) is 4.11. The van der Waals surface area contributed by atoms with Gasteiger partial charge in [-0.05, 0) is 43.3 Å². The molecule has 33 heavy (non-hydrogen) atoms. The first-order valence-electron chi connectivity index (χ1n) is 10.8. The van der Waals surface area contributed by atoms with Crippen molar-refractivity contribution >= 4 is 44.9 Å². The molecule has 2 aromatic heterocycles. The number of piperazine rings is 1. The van der Waals surface area contributed by atoms with Crippen LogP contribution in [0, 0.1) is 6.92 Å². The van der Waals surface area contributed by atoms with Gasteiger partial charge in [-0.15, -0.1) is 11.3 Å². The van der Waals surface area contributed by atoms with Crippen molar-refractivity contribution in [2.75, 3.05) is 43.5 Å². The SMILES string of the molecule is COc1ccc(Nc2cc(C)nc(N3CCN(C(=O)c4nc5ccccc5s4)CC3)n2)cc1. The molecule has 1 saturated heterocycles. The summed E-state index contributed by atoms with van der Waals surface area (Å²) in [5, 5.41) is 3.88. The van der Waals surface area contributed by atoms with Gasteiger partial charge in [0.25, 0.3) is 5.91 Å². The summed E-state index contributed by atoms with van der Waals surface area (Å²) in [5.41, 5.74) is 2.67. The number of aryl methyl sites for hydroxylation is 1. The Kier molecular flexibility index (Phi) is 5.78. The third-order valence-electron chi connectivity index (χ3n) is 5.53. The molecule has 5 rings (SSSR count). The van der Waals surface area contributed by atoms with Crippen LogP contribution in [0.3, 0.4) is 0 Å². The Morgan fingerprint density at radius 1 is 1.00 bits per heavy atom. The van der Waals surface area contributed by atoms with E-state index in [0.717, 1.165) is 33.2 Å². The third kappa shape index (κ3) is 4.58. The number of nitrogens with one attached hydrogen (secondary N) is 1. The van der Waals surface area contributed by atoms with Crippen LogP contribution in [0.15, 0.2) is 54.6 Å². The Morgan fingerprint density at radius 3 is 2.48 bits per heavy atom. The Balaban J connectivity index is 1.26. The van der Waals surface area contributed by atoms with E-state index in [1.165, 1.54) is 11.3 Å². The number of hydrogen-bond donors (Lipinski definition) is 1. The number of para-hydroxylation sites is 1. The molecule has 1 aliphatic heterocycles. The van der Waals surface area contributed by atoms with Crippen LogP contribution in [0.2, 0.25) is 0 Å². The molecular weight excluding hydrogens is 436 g/mol. The molecule has 3 heterocycles. The van der Waals surface area contributed by atoms with Crippen LogP contribution >= 0.6 is 11.3 Å². The second-order valence-electron chi connectivity index (χ2n) is 7.81. The van der Waals surface area contributed by atoms with E-state index in [1.54, 1.807) is 7.11 Å². The average molecular weight is 461 g/mol. The smallest absolute Gasteiger partial charge is 0.282 e. The predicted molar refractivity (Wildman–Crippen MR) is 131 cm³/mol. The van der Waals surface area contributed by atoms with Gasteiger partial charge in [-0.2, -0.15) is 4.98 Å². The van der Waals surface area contributed by atoms with E-state index in [2.05, 4.69) is 20.2 Å². The zero-order valence-corrected chi connectivity index (χ0v) is 19.3. The van der Waals surface area contributed by atoms with Gasteiger partial charge in [-0.3, -0.25) is 4.79 Å². The standard InChI is InChI=1S/C24H24N6O2S/c1-16-15-21(26-17-7-9-18(32-2)10-8-17)28-24(25-16)30-13-11-29(12-14-30)23(31)22-27-19-5-3-4-6-20(19)33-22/h3-10,15H,11-14H2,1-2H3,(H,25,26,28). The minimum atomic E-state index is -0.0112. The summed E-state index contributed by atoms with van der Waals surface area (Å²) in [6.07, 6.45) is 0. The Labute approximate surface area is 195 Å². The normalized spacial score (nSPS) is 13.9. The molecule has 0 atom stereocenters. The molecule has 168 valence electrons. The van der Waals surface area contributed by atoms with Crippen LogP contribution in [0.4, 0.5) is 17.5 Å². The molecule has 1 fully saturated rings. The molecule has 1 aliphatic rings. The van der Waals surface area contributed by atoms with E-state index < -0.39 is 0 Å². The van der Waals surface area contributed by atoms with Crippen LogP contribution in [0.5, 0.6) is 5.75 Å². The largest absolute Gasteiger partial charge is 0.497 e. The average Bonchev–Trinajstić information content (AvgIpc) is 3.28. The van der Waals surface area contributed by atoms with Gasteiger partial charge in [0.15, 0.2) is 5.01 Å². The first-order valence-corrected chi connectivity index (χ1v) is 11.6. The Hall–Kier alpha value is -3.72. The number of aromatic nitrogens is 3. The lowest BCUT2D eigenvalue weighted by Crippen LogP contribution is -2.49. The topological polar surface area (TPSA) is 83.5 Å². The molecule has 0 saturated carbocycles. The number of amides is 1. The van der Waals surface area contributed by atoms with E-state index in [0.29, 0.717) is 37.1 Å². The summed E-state index contributed by atoms with van der Waals surface area (Å²) in [6.45, 7) is 4.50. The van der Waals surface area contributed by atoms with Crippen molar-refractivity contribution in [1.82, 2.24) is 19.9 Å². The number of thiazole rings is 1. The fraction of sp³-hybridized carbons (Fsp3) is 0.250. The molecular formula is C24H24N6O2S. The fourth-order valence-corrected chi connectivity index (χ4v) is 4.72. The zero-order chi connectivity index (χ0) is 22.8. The lowest BCUT2D eigenvalue weighted by atomic mass is 10.3. The molecule has 8 nitrogen and oxygen atoms in total. The number of nitrogens with zero attached hydrogens (tertiary/aromatic N) is 5. The first kappa shape index (κ1) is 21.1. The van der Waals surface area contributed by atoms with Gasteiger partial charge in [-0.1, -0.05) is 12.1 Å². The summed E-state index contributed by atoms with van der Waals surface area (Å²) >= 11 is 1.45. The van der Waals surface area contributed by atoms with E-state index in [1.807, 2.05) is 66.4 Å². The lowest BCUT2D eigenvalue weighted by molar-refractivity contribution is 0.0746. The third-order valence-corrected chi connectivity index (χ3v) is 6.56. The highest BCUT2D eigenvalue weighted by molar-refractivity contribution is 7.20. The van der Waals surface area contributed by atoms with Gasteiger partial charge in [0.2, 0.25) is 5.95 Å². The van der Waals surface area contributed by atoms with Gasteiger partial charge in [0, 0.05) is 43.6 Å². The van der Waals surface area contributed by atoms with E-state index in [9.17, 15) is 4.79 Å². The van der Waals surface area contributed by atoms with Crippen molar-refractivity contribution in [3.05, 3.63) is 65.3 Å². The molecule has 1 N–H and O–H groups in total. The maximum atomic E-state index is 13.0. The van der Waals surface area contributed by atoms with Crippen molar-refractivity contribution < 1.29 is 9.53 Å². The lowest BCUT2D eigenvalue weighted by Gasteiger charge is -2.34. The van der Waals surface area contributed by atoms with Crippen LogP contribution in [0.25, 0.3) is 10.2 Å². The van der Waals surface area contributed by atoms with E-state index in [4.69, 9.17) is 9.72 Å². The van der Waals surface area contributed by atoms with Crippen molar-refractivity contribution in [3.8, 4) is 5.75 Å². The Bertz CT molecular complexity index is 1250. The van der Waals surface area contributed by atoms with E-state index >= 15 is 0 Å². The number of benzene rings is 2. The molecule has 0 bridgehead atoms. The van der Waals surface area contributed by atoms with Crippen LogP contribution in [-0.2, 0) is 0 Å². The molecule has 9 heteroatoms. The number of rotatable bonds is 5. The van der Waals surface area contributed by atoms with Crippen molar-refractivity contribution in [2.24, 2.45) is 0 Å². The van der Waals surface area contributed by atoms with Gasteiger partial charge in [0.05, 0.1) is 17.3 Å². The van der Waals surface area contributed by atoms with Gasteiger partial charge in [0.1, 0.15) is 11.6 Å². The first-order chi connectivity index (χ1) is 16.1. The second kappa shape index (κ2) is 9.03.